The number of carbonyl (C=O) groups is 3. The van der Waals surface area contributed by atoms with E-state index in [0.29, 0.717) is 40.2 Å². The first-order chi connectivity index (χ1) is 29.5. The molecule has 318 valence electrons. The second-order valence-electron chi connectivity index (χ2n) is 18.1. The molecule has 2 N–H and O–H groups in total. The highest BCUT2D eigenvalue weighted by molar-refractivity contribution is 6.09. The number of imide groups is 1. The van der Waals surface area contributed by atoms with Crippen molar-refractivity contribution in [2.24, 2.45) is 24.3 Å². The van der Waals surface area contributed by atoms with Gasteiger partial charge in [0.05, 0.1) is 34.5 Å². The second-order valence-corrected chi connectivity index (χ2v) is 18.1. The number of aryl methyl sites for hydroxylation is 2. The van der Waals surface area contributed by atoms with Gasteiger partial charge < -0.3 is 10.2 Å². The first-order valence-corrected chi connectivity index (χ1v) is 21.7. The topological polar surface area (TPSA) is 153 Å². The number of piperidine rings is 2. The van der Waals surface area contributed by atoms with Crippen molar-refractivity contribution in [3.8, 4) is 0 Å². The minimum atomic E-state index is -2.79. The normalized spacial score (nSPS) is 22.4. The van der Waals surface area contributed by atoms with Crippen molar-refractivity contribution >= 4 is 51.0 Å². The summed E-state index contributed by atoms with van der Waals surface area (Å²) in [5.74, 6) is 0.0257. The van der Waals surface area contributed by atoms with E-state index in [0.717, 1.165) is 74.8 Å². The summed E-state index contributed by atoms with van der Waals surface area (Å²) in [7, 11) is 1.77. The smallest absolute Gasteiger partial charge is 0.321 e. The number of amides is 3. The van der Waals surface area contributed by atoms with Crippen LogP contribution in [0.1, 0.15) is 111 Å². The zero-order chi connectivity index (χ0) is 42.0. The number of rotatable bonds is 10. The van der Waals surface area contributed by atoms with E-state index in [1.165, 1.54) is 42.5 Å². The van der Waals surface area contributed by atoms with Crippen molar-refractivity contribution in [2.45, 2.75) is 95.6 Å². The van der Waals surface area contributed by atoms with Gasteiger partial charge in [-0.3, -0.25) is 33.5 Å². The maximum atomic E-state index is 14.3. The van der Waals surface area contributed by atoms with E-state index in [1.54, 1.807) is 40.7 Å². The lowest BCUT2D eigenvalue weighted by molar-refractivity contribution is -0.135. The summed E-state index contributed by atoms with van der Waals surface area (Å²) in [6.45, 7) is 3.37. The van der Waals surface area contributed by atoms with E-state index in [1.807, 2.05) is 23.0 Å². The zero-order valence-corrected chi connectivity index (χ0v) is 34.2. The lowest BCUT2D eigenvalue weighted by atomic mass is 9.56. The molecule has 6 heterocycles. The van der Waals surface area contributed by atoms with E-state index in [-0.39, 0.29) is 40.9 Å². The third-order valence-electron chi connectivity index (χ3n) is 14.3. The van der Waals surface area contributed by atoms with Gasteiger partial charge in [-0.2, -0.15) is 10.2 Å². The summed E-state index contributed by atoms with van der Waals surface area (Å²) in [5.41, 5.74) is 3.78. The molecule has 4 aromatic heterocycles. The number of hydrogen-bond acceptors (Lipinski definition) is 8. The third-order valence-corrected chi connectivity index (χ3v) is 14.3. The SMILES string of the molecule is Cn1c(=O)n(C2CCC(=O)NC2=O)c2cccc(CCC3CC4(CCN(CC5CCC(n6cc7cc(NC(=O)c8cnn9cccnc89)c(C(F)F)cc7n6)CC5)CC4)C3)c21. The number of aromatic nitrogens is 7. The Labute approximate surface area is 350 Å². The molecule has 2 aliphatic carbocycles. The first kappa shape index (κ1) is 39.4. The molecule has 61 heavy (non-hydrogen) atoms. The van der Waals surface area contributed by atoms with Crippen LogP contribution in [0.15, 0.2) is 66.0 Å². The molecule has 14 nitrogen and oxygen atoms in total. The molecule has 2 saturated carbocycles. The Morgan fingerprint density at radius 3 is 2.59 bits per heavy atom. The van der Waals surface area contributed by atoms with Crippen molar-refractivity contribution in [1.29, 1.82) is 0 Å². The predicted molar refractivity (Wildman–Crippen MR) is 224 cm³/mol. The molecule has 1 unspecified atom stereocenters. The number of fused-ring (bicyclic) bond motifs is 3. The summed E-state index contributed by atoms with van der Waals surface area (Å²) >= 11 is 0. The van der Waals surface area contributed by atoms with E-state index >= 15 is 0 Å². The van der Waals surface area contributed by atoms with E-state index in [2.05, 4.69) is 31.7 Å². The number of benzene rings is 2. The molecule has 6 aromatic rings. The Bertz CT molecular complexity index is 2730. The predicted octanol–water partition coefficient (Wildman–Crippen LogP) is 6.76. The van der Waals surface area contributed by atoms with Crippen LogP contribution < -0.4 is 16.3 Å². The van der Waals surface area contributed by atoms with Gasteiger partial charge in [-0.05, 0) is 131 Å². The highest BCUT2D eigenvalue weighted by atomic mass is 19.3. The first-order valence-electron chi connectivity index (χ1n) is 21.7. The molecule has 10 rings (SSSR count). The average molecular weight is 833 g/mol. The molecule has 16 heteroatoms. The van der Waals surface area contributed by atoms with Crippen molar-refractivity contribution < 1.29 is 23.2 Å². The number of para-hydroxylation sites is 1. The zero-order valence-electron chi connectivity index (χ0n) is 34.2. The quantitative estimate of drug-likeness (QED) is 0.144. The lowest BCUT2D eigenvalue weighted by Gasteiger charge is -2.53. The van der Waals surface area contributed by atoms with Crippen LogP contribution in [-0.2, 0) is 23.1 Å². The van der Waals surface area contributed by atoms with Gasteiger partial charge in [0.15, 0.2) is 5.65 Å². The van der Waals surface area contributed by atoms with Gasteiger partial charge in [-0.1, -0.05) is 12.1 Å². The van der Waals surface area contributed by atoms with Gasteiger partial charge in [0.1, 0.15) is 11.6 Å². The number of nitrogens with one attached hydrogen (secondary N) is 2. The van der Waals surface area contributed by atoms with Crippen LogP contribution in [0.5, 0.6) is 0 Å². The maximum absolute atomic E-state index is 14.3. The van der Waals surface area contributed by atoms with E-state index < -0.39 is 24.3 Å². The van der Waals surface area contributed by atoms with Crippen LogP contribution >= 0.6 is 0 Å². The number of carbonyl (C=O) groups excluding carboxylic acids is 3. The summed E-state index contributed by atoms with van der Waals surface area (Å²) < 4.78 is 35.1. The van der Waals surface area contributed by atoms with Crippen LogP contribution in [0.25, 0.3) is 27.6 Å². The van der Waals surface area contributed by atoms with E-state index in [9.17, 15) is 28.0 Å². The summed E-state index contributed by atoms with van der Waals surface area (Å²) in [6, 6.07) is 10.2. The van der Waals surface area contributed by atoms with Gasteiger partial charge in [-0.15, -0.1) is 0 Å². The van der Waals surface area contributed by atoms with Gasteiger partial charge in [0, 0.05) is 49.6 Å². The van der Waals surface area contributed by atoms with Crippen LogP contribution in [0.3, 0.4) is 0 Å². The van der Waals surface area contributed by atoms with Crippen LogP contribution in [0.2, 0.25) is 0 Å². The molecule has 1 spiro atoms. The number of likely N-dealkylation sites (tertiary alicyclic amines) is 1. The summed E-state index contributed by atoms with van der Waals surface area (Å²) in [6.07, 6.45) is 15.4. The van der Waals surface area contributed by atoms with Gasteiger partial charge in [0.25, 0.3) is 12.3 Å². The van der Waals surface area contributed by atoms with E-state index in [4.69, 9.17) is 5.10 Å². The second kappa shape index (κ2) is 15.6. The van der Waals surface area contributed by atoms with Crippen molar-refractivity contribution in [3.05, 3.63) is 88.4 Å². The number of hydrogen-bond donors (Lipinski definition) is 2. The Morgan fingerprint density at radius 2 is 1.82 bits per heavy atom. The van der Waals surface area contributed by atoms with Crippen molar-refractivity contribution in [2.75, 3.05) is 25.0 Å². The molecule has 1 atom stereocenters. The van der Waals surface area contributed by atoms with Crippen LogP contribution in [0.4, 0.5) is 14.5 Å². The highest BCUT2D eigenvalue weighted by Gasteiger charge is 2.45. The molecule has 4 aliphatic rings. The molecule has 0 bridgehead atoms. The Morgan fingerprint density at radius 1 is 1.02 bits per heavy atom. The summed E-state index contributed by atoms with van der Waals surface area (Å²) in [5, 5.41) is 14.7. The third kappa shape index (κ3) is 7.31. The number of anilines is 1. The monoisotopic (exact) mass is 832 g/mol. The molecule has 2 saturated heterocycles. The Balaban J connectivity index is 0.704. The lowest BCUT2D eigenvalue weighted by Crippen LogP contribution is -2.48. The standard InChI is InChI=1S/C45H50F2N10O4/c1-53-39-29(4-2-5-36(39)57(44(53)61)37-12-13-38(58)51-43(37)60)9-6-28-22-45(23-28)14-18-54(19-15-45)25-27-7-10-31(11-8-27)56-26-30-20-35(32(40(46)47)21-34(30)52-56)50-42(59)33-24-49-55-17-3-16-48-41(33)55/h2-5,16-17,20-21,24,26-28,31,37,40H,6-15,18-19,22-23,25H2,1H3,(H,50,59)(H,51,58,60). The highest BCUT2D eigenvalue weighted by Crippen LogP contribution is 2.54. The van der Waals surface area contributed by atoms with Crippen molar-refractivity contribution in [3.63, 3.8) is 0 Å². The summed E-state index contributed by atoms with van der Waals surface area (Å²) in [4.78, 5) is 57.8. The minimum absolute atomic E-state index is 0.0511. The number of nitrogens with zero attached hydrogens (tertiary/aromatic N) is 8. The molecular weight excluding hydrogens is 783 g/mol. The molecule has 2 aliphatic heterocycles. The largest absolute Gasteiger partial charge is 0.329 e. The number of imidazole rings is 1. The van der Waals surface area contributed by atoms with Crippen molar-refractivity contribution in [1.82, 2.24) is 43.7 Å². The van der Waals surface area contributed by atoms with Gasteiger partial charge >= 0.3 is 5.69 Å². The molecule has 0 radical (unpaired) electrons. The fourth-order valence-electron chi connectivity index (χ4n) is 11.0. The van der Waals surface area contributed by atoms with Gasteiger partial charge in [0.2, 0.25) is 11.8 Å². The Hall–Kier alpha value is -5.77. The molecule has 3 amide bonds. The Kier molecular flexibility index (Phi) is 10.1. The number of alkyl halides is 2. The molecule has 4 fully saturated rings. The average Bonchev–Trinajstić information content (AvgIpc) is 3.94. The fraction of sp³-hybridized carbons (Fsp3) is 0.489. The maximum Gasteiger partial charge on any atom is 0.329 e. The van der Waals surface area contributed by atoms with Gasteiger partial charge in [-0.25, -0.2) is 23.1 Å². The fourth-order valence-corrected chi connectivity index (χ4v) is 11.0. The van der Waals surface area contributed by atoms with Crippen LogP contribution in [0, 0.1) is 17.3 Å². The molecule has 2 aromatic carbocycles. The molecular formula is C45H50F2N10O4. The minimum Gasteiger partial charge on any atom is -0.321 e. The number of halogens is 2. The van der Waals surface area contributed by atoms with Crippen LogP contribution in [-0.4, -0.2) is 75.8 Å².